The van der Waals surface area contributed by atoms with E-state index in [1.807, 2.05) is 53.9 Å². The Labute approximate surface area is 203 Å². The maximum atomic E-state index is 13.5. The van der Waals surface area contributed by atoms with Gasteiger partial charge >= 0.3 is 5.97 Å². The highest BCUT2D eigenvalue weighted by Gasteiger charge is 2.33. The lowest BCUT2D eigenvalue weighted by molar-refractivity contribution is -0.148. The number of amides is 1. The number of nitrogen functional groups attached to an aromatic ring is 1. The topological polar surface area (TPSA) is 117 Å². The van der Waals surface area contributed by atoms with E-state index in [1.54, 1.807) is 11.3 Å². The smallest absolute Gasteiger partial charge is 0.310 e. The number of esters is 1. The van der Waals surface area contributed by atoms with E-state index < -0.39 is 5.92 Å². The molecule has 0 saturated heterocycles. The molecule has 3 aromatic rings. The zero-order valence-corrected chi connectivity index (χ0v) is 20.0. The highest BCUT2D eigenvalue weighted by atomic mass is 32.1. The predicted molar refractivity (Wildman–Crippen MR) is 135 cm³/mol. The normalized spacial score (nSPS) is 18.9. The van der Waals surface area contributed by atoms with E-state index in [9.17, 15) is 9.59 Å². The van der Waals surface area contributed by atoms with Crippen molar-refractivity contribution in [2.45, 2.75) is 44.1 Å². The van der Waals surface area contributed by atoms with Crippen LogP contribution < -0.4 is 16.6 Å². The number of rotatable bonds is 8. The molecule has 34 heavy (non-hydrogen) atoms. The second kappa shape index (κ2) is 10.8. The molecule has 1 aliphatic rings. The average Bonchev–Trinajstić information content (AvgIpc) is 3.29. The molecule has 4 rings (SSSR count). The number of carbonyl (C=O) groups excluding carboxylic acids is 2. The van der Waals surface area contributed by atoms with Gasteiger partial charge in [0.25, 0.3) is 0 Å². The highest BCUT2D eigenvalue weighted by Crippen LogP contribution is 2.34. The Morgan fingerprint density at radius 2 is 1.94 bits per heavy atom. The summed E-state index contributed by atoms with van der Waals surface area (Å²) in [5.74, 6) is -1.13. The molecule has 1 saturated carbocycles. The summed E-state index contributed by atoms with van der Waals surface area (Å²) >= 11 is 1.57. The minimum atomic E-state index is -0.453. The molecular weight excluding hydrogens is 448 g/mol. The first-order valence-corrected chi connectivity index (χ1v) is 12.4. The Bertz CT molecular complexity index is 1180. The summed E-state index contributed by atoms with van der Waals surface area (Å²) in [6.07, 6.45) is 4.04. The molecule has 0 unspecified atom stereocenters. The third-order valence-electron chi connectivity index (χ3n) is 6.54. The van der Waals surface area contributed by atoms with Crippen molar-refractivity contribution in [2.24, 2.45) is 11.7 Å². The Morgan fingerprint density at radius 3 is 2.68 bits per heavy atom. The van der Waals surface area contributed by atoms with Crippen LogP contribution in [0.5, 0.6) is 0 Å². The van der Waals surface area contributed by atoms with Crippen LogP contribution in [0.2, 0.25) is 0 Å². The van der Waals surface area contributed by atoms with Crippen LogP contribution in [0.4, 0.5) is 0 Å². The summed E-state index contributed by atoms with van der Waals surface area (Å²) in [6, 6.07) is 15.4. The van der Waals surface area contributed by atoms with Gasteiger partial charge in [-0.25, -0.2) is 5.43 Å². The van der Waals surface area contributed by atoms with E-state index in [4.69, 9.17) is 15.9 Å². The second-order valence-corrected chi connectivity index (χ2v) is 9.62. The van der Waals surface area contributed by atoms with Crippen molar-refractivity contribution in [1.29, 1.82) is 5.41 Å². The van der Waals surface area contributed by atoms with Gasteiger partial charge in [-0.15, -0.1) is 11.3 Å². The molecule has 5 N–H and O–H groups in total. The van der Waals surface area contributed by atoms with E-state index in [0.29, 0.717) is 12.0 Å². The van der Waals surface area contributed by atoms with Gasteiger partial charge in [-0.3, -0.25) is 20.4 Å². The van der Waals surface area contributed by atoms with E-state index in [2.05, 4.69) is 10.9 Å². The number of thiophene rings is 1. The van der Waals surface area contributed by atoms with Crippen LogP contribution in [-0.2, 0) is 20.7 Å². The van der Waals surface area contributed by atoms with E-state index >= 15 is 0 Å². The van der Waals surface area contributed by atoms with Gasteiger partial charge < -0.3 is 10.5 Å². The van der Waals surface area contributed by atoms with Crippen LogP contribution in [0.1, 0.15) is 48.3 Å². The molecule has 1 aliphatic carbocycles. The molecule has 0 aliphatic heterocycles. The van der Waals surface area contributed by atoms with Gasteiger partial charge in [-0.2, -0.15) is 0 Å². The van der Waals surface area contributed by atoms with Crippen molar-refractivity contribution in [3.8, 4) is 0 Å². The van der Waals surface area contributed by atoms with Gasteiger partial charge in [0.15, 0.2) is 0 Å². The quantitative estimate of drug-likeness (QED) is 0.170. The molecule has 1 fully saturated rings. The third kappa shape index (κ3) is 5.29. The Kier molecular flexibility index (Phi) is 7.59. The Balaban J connectivity index is 1.61. The molecule has 178 valence electrons. The van der Waals surface area contributed by atoms with Crippen LogP contribution in [0.3, 0.4) is 0 Å². The largest absolute Gasteiger partial charge is 0.469 e. The Hall–Kier alpha value is -3.23. The lowest BCUT2D eigenvalue weighted by Gasteiger charge is -2.31. The molecule has 1 heterocycles. The number of ether oxygens (including phenoxy) is 1. The molecule has 1 amide bonds. The molecule has 1 aromatic heterocycles. The second-order valence-electron chi connectivity index (χ2n) is 8.71. The number of nitrogens with one attached hydrogen (secondary N) is 3. The predicted octanol–water partition coefficient (Wildman–Crippen LogP) is 3.86. The van der Waals surface area contributed by atoms with Crippen molar-refractivity contribution in [3.63, 3.8) is 0 Å². The van der Waals surface area contributed by atoms with Crippen LogP contribution in [0.15, 0.2) is 53.9 Å². The van der Waals surface area contributed by atoms with E-state index in [0.717, 1.165) is 46.9 Å². The Morgan fingerprint density at radius 1 is 1.18 bits per heavy atom. The fraction of sp³-hybridized carbons (Fsp3) is 0.346. The van der Waals surface area contributed by atoms with Crippen LogP contribution >= 0.6 is 11.3 Å². The molecule has 0 radical (unpaired) electrons. The molecular formula is C26H30N4O3S. The number of benzene rings is 2. The van der Waals surface area contributed by atoms with Crippen molar-refractivity contribution < 1.29 is 14.3 Å². The molecule has 0 bridgehead atoms. The lowest BCUT2D eigenvalue weighted by Crippen LogP contribution is -2.52. The molecule has 8 heteroatoms. The fourth-order valence-corrected chi connectivity index (χ4v) is 5.66. The third-order valence-corrected chi connectivity index (χ3v) is 7.52. The van der Waals surface area contributed by atoms with Crippen molar-refractivity contribution >= 4 is 39.1 Å². The average molecular weight is 479 g/mol. The minimum absolute atomic E-state index is 0.00377. The number of fused-ring (bicyclic) bond motifs is 1. The van der Waals surface area contributed by atoms with Crippen LogP contribution in [0.25, 0.3) is 10.1 Å². The monoisotopic (exact) mass is 478 g/mol. The molecule has 3 atom stereocenters. The van der Waals surface area contributed by atoms with Crippen LogP contribution in [-0.4, -0.2) is 30.9 Å². The van der Waals surface area contributed by atoms with E-state index in [-0.39, 0.29) is 29.7 Å². The number of hydrazine groups is 1. The zero-order valence-electron chi connectivity index (χ0n) is 19.2. The summed E-state index contributed by atoms with van der Waals surface area (Å²) in [6.45, 7) is 0. The summed E-state index contributed by atoms with van der Waals surface area (Å²) in [4.78, 5) is 25.8. The first kappa shape index (κ1) is 23.9. The number of methoxy groups -OCH3 is 1. The summed E-state index contributed by atoms with van der Waals surface area (Å²) in [7, 11) is 1.40. The van der Waals surface area contributed by atoms with Gasteiger partial charge in [0.1, 0.15) is 5.84 Å². The van der Waals surface area contributed by atoms with Crippen molar-refractivity contribution in [3.05, 3.63) is 70.6 Å². The number of nitrogens with two attached hydrogens (primary N) is 1. The first-order valence-electron chi connectivity index (χ1n) is 11.5. The number of hydrogen-bond donors (Lipinski definition) is 4. The van der Waals surface area contributed by atoms with Gasteiger partial charge in [0.05, 0.1) is 18.9 Å². The number of amidine groups is 1. The lowest BCUT2D eigenvalue weighted by atomic mass is 9.85. The van der Waals surface area contributed by atoms with Crippen molar-refractivity contribution in [1.82, 2.24) is 10.9 Å². The molecule has 7 nitrogen and oxygen atoms in total. The maximum absolute atomic E-state index is 13.5. The highest BCUT2D eigenvalue weighted by molar-refractivity contribution is 7.17. The molecule has 2 aromatic carbocycles. The SMILES string of the molecule is COC(=O)[C@H]1CCCC[C@H]1NNC(=O)[C@H](Cc1ccccc1)c1csc2ccc(C(=N)N)cc12. The van der Waals surface area contributed by atoms with E-state index in [1.165, 1.54) is 7.11 Å². The molecule has 0 spiro atoms. The minimum Gasteiger partial charge on any atom is -0.469 e. The zero-order chi connectivity index (χ0) is 24.1. The maximum Gasteiger partial charge on any atom is 0.310 e. The van der Waals surface area contributed by atoms with Gasteiger partial charge in [-0.05, 0) is 59.4 Å². The summed E-state index contributed by atoms with van der Waals surface area (Å²) in [5.41, 5.74) is 14.4. The number of carbonyl (C=O) groups is 2. The first-order chi connectivity index (χ1) is 16.5. The summed E-state index contributed by atoms with van der Waals surface area (Å²) in [5, 5.41) is 10.8. The van der Waals surface area contributed by atoms with Gasteiger partial charge in [0.2, 0.25) is 5.91 Å². The fourth-order valence-electron chi connectivity index (χ4n) is 4.67. The van der Waals surface area contributed by atoms with Crippen molar-refractivity contribution in [2.75, 3.05) is 7.11 Å². The van der Waals surface area contributed by atoms with Crippen LogP contribution in [0, 0.1) is 11.3 Å². The standard InChI is InChI=1S/C26H30N4O3S/c1-33-26(32)18-9-5-6-10-22(18)29-30-25(31)20(13-16-7-3-2-4-8-16)21-15-34-23-12-11-17(24(27)28)14-19(21)23/h2-4,7-8,11-12,14-15,18,20,22,29H,5-6,9-10,13H2,1H3,(H3,27,28)(H,30,31)/t18-,20+,22+/m0/s1. The van der Waals surface area contributed by atoms with Gasteiger partial charge in [0, 0.05) is 16.3 Å². The summed E-state index contributed by atoms with van der Waals surface area (Å²) < 4.78 is 6.01. The van der Waals surface area contributed by atoms with Gasteiger partial charge in [-0.1, -0.05) is 43.2 Å². The number of hydrogen-bond acceptors (Lipinski definition) is 6.